The maximum atomic E-state index is 14.0. The summed E-state index contributed by atoms with van der Waals surface area (Å²) in [6, 6.07) is 20.9. The zero-order chi connectivity index (χ0) is 23.7. The van der Waals surface area contributed by atoms with E-state index in [9.17, 15) is 4.79 Å². The molecule has 34 heavy (non-hydrogen) atoms. The van der Waals surface area contributed by atoms with Crippen molar-refractivity contribution in [2.45, 2.75) is 45.4 Å². The van der Waals surface area contributed by atoms with Crippen LogP contribution in [-0.2, 0) is 37.3 Å². The lowest BCUT2D eigenvalue weighted by molar-refractivity contribution is -0.139. The van der Waals surface area contributed by atoms with E-state index in [0.29, 0.717) is 12.3 Å². The summed E-state index contributed by atoms with van der Waals surface area (Å²) >= 11 is 0. The van der Waals surface area contributed by atoms with Crippen LogP contribution >= 0.6 is 0 Å². The van der Waals surface area contributed by atoms with Crippen LogP contribution < -0.4 is 9.47 Å². The van der Waals surface area contributed by atoms with Crippen LogP contribution in [0.2, 0.25) is 0 Å². The summed E-state index contributed by atoms with van der Waals surface area (Å²) in [7, 11) is 3.31. The van der Waals surface area contributed by atoms with Crippen molar-refractivity contribution >= 4 is 5.91 Å². The van der Waals surface area contributed by atoms with Gasteiger partial charge in [-0.3, -0.25) is 9.69 Å². The van der Waals surface area contributed by atoms with Crippen molar-refractivity contribution in [2.75, 3.05) is 20.8 Å². The zero-order valence-corrected chi connectivity index (χ0v) is 20.2. The first-order valence-corrected chi connectivity index (χ1v) is 11.9. The van der Waals surface area contributed by atoms with Crippen LogP contribution in [-0.4, -0.2) is 42.5 Å². The third kappa shape index (κ3) is 4.28. The van der Waals surface area contributed by atoms with Crippen LogP contribution in [0.25, 0.3) is 0 Å². The summed E-state index contributed by atoms with van der Waals surface area (Å²) in [4.78, 5) is 18.3. The van der Waals surface area contributed by atoms with Gasteiger partial charge in [0.05, 0.1) is 20.3 Å². The summed E-state index contributed by atoms with van der Waals surface area (Å²) in [6.07, 6.45) is 1.57. The van der Waals surface area contributed by atoms with Crippen molar-refractivity contribution in [1.29, 1.82) is 0 Å². The highest BCUT2D eigenvalue weighted by Gasteiger charge is 2.35. The van der Waals surface area contributed by atoms with Gasteiger partial charge in [-0.1, -0.05) is 48.5 Å². The summed E-state index contributed by atoms with van der Waals surface area (Å²) < 4.78 is 11.0. The standard InChI is InChI=1S/C29H32N2O3/c1-20-8-4-5-10-23(20)17-31-18-24-11-7-6-9-21(24)14-26(31)29(32)30-13-12-22-15-27(33-2)28(34-3)16-25(22)19-30/h4-11,15-16,26H,12-14,17-19H2,1-3H3. The van der Waals surface area contributed by atoms with E-state index >= 15 is 0 Å². The first-order chi connectivity index (χ1) is 16.6. The van der Waals surface area contributed by atoms with Crippen LogP contribution in [0.4, 0.5) is 0 Å². The number of methoxy groups -OCH3 is 2. The molecule has 3 aromatic carbocycles. The second-order valence-corrected chi connectivity index (χ2v) is 9.31. The average Bonchev–Trinajstić information content (AvgIpc) is 2.88. The number of carbonyl (C=O) groups excluding carboxylic acids is 1. The van der Waals surface area contributed by atoms with Gasteiger partial charge in [-0.25, -0.2) is 0 Å². The minimum absolute atomic E-state index is 0.170. The molecule has 1 atom stereocenters. The molecule has 5 heteroatoms. The third-order valence-electron chi connectivity index (χ3n) is 7.30. The predicted octanol–water partition coefficient (Wildman–Crippen LogP) is 4.52. The van der Waals surface area contributed by atoms with Crippen molar-refractivity contribution in [2.24, 2.45) is 0 Å². The molecule has 0 bridgehead atoms. The van der Waals surface area contributed by atoms with Crippen molar-refractivity contribution in [3.63, 3.8) is 0 Å². The largest absolute Gasteiger partial charge is 0.493 e. The number of carbonyl (C=O) groups is 1. The van der Waals surface area contributed by atoms with Gasteiger partial charge in [0.15, 0.2) is 11.5 Å². The van der Waals surface area contributed by atoms with Gasteiger partial charge in [0.1, 0.15) is 0 Å². The Labute approximate surface area is 201 Å². The van der Waals surface area contributed by atoms with Gasteiger partial charge in [0.2, 0.25) is 5.91 Å². The molecule has 2 aliphatic rings. The Bertz CT molecular complexity index is 1210. The lowest BCUT2D eigenvalue weighted by atomic mass is 9.91. The van der Waals surface area contributed by atoms with Gasteiger partial charge < -0.3 is 14.4 Å². The predicted molar refractivity (Wildman–Crippen MR) is 133 cm³/mol. The van der Waals surface area contributed by atoms with Gasteiger partial charge in [-0.15, -0.1) is 0 Å². The molecular weight excluding hydrogens is 424 g/mol. The number of hydrogen-bond donors (Lipinski definition) is 0. The molecule has 5 rings (SSSR count). The van der Waals surface area contributed by atoms with Gasteiger partial charge in [0, 0.05) is 26.2 Å². The fourth-order valence-corrected chi connectivity index (χ4v) is 5.28. The number of nitrogens with zero attached hydrogens (tertiary/aromatic N) is 2. The molecule has 0 spiro atoms. The van der Waals surface area contributed by atoms with Crippen LogP contribution in [0.15, 0.2) is 60.7 Å². The van der Waals surface area contributed by atoms with Crippen molar-refractivity contribution in [3.05, 3.63) is 94.0 Å². The van der Waals surface area contributed by atoms with E-state index in [1.807, 2.05) is 11.0 Å². The number of fused-ring (bicyclic) bond motifs is 2. The van der Waals surface area contributed by atoms with Crippen LogP contribution in [0, 0.1) is 6.92 Å². The van der Waals surface area contributed by atoms with Crippen molar-refractivity contribution in [3.8, 4) is 11.5 Å². The molecule has 0 radical (unpaired) electrons. The lowest BCUT2D eigenvalue weighted by Crippen LogP contribution is -2.52. The molecule has 1 unspecified atom stereocenters. The fraction of sp³-hybridized carbons (Fsp3) is 0.345. The molecule has 2 aliphatic heterocycles. The Morgan fingerprint density at radius 2 is 1.56 bits per heavy atom. The number of rotatable bonds is 5. The van der Waals surface area contributed by atoms with E-state index in [1.165, 1.54) is 27.8 Å². The quantitative estimate of drug-likeness (QED) is 0.566. The third-order valence-corrected chi connectivity index (χ3v) is 7.30. The van der Waals surface area contributed by atoms with E-state index in [1.54, 1.807) is 14.2 Å². The van der Waals surface area contributed by atoms with E-state index in [0.717, 1.165) is 43.8 Å². The lowest BCUT2D eigenvalue weighted by Gasteiger charge is -2.40. The second-order valence-electron chi connectivity index (χ2n) is 9.31. The van der Waals surface area contributed by atoms with E-state index in [2.05, 4.69) is 66.4 Å². The number of ether oxygens (including phenoxy) is 2. The molecule has 0 fully saturated rings. The monoisotopic (exact) mass is 456 g/mol. The molecule has 0 N–H and O–H groups in total. The summed E-state index contributed by atoms with van der Waals surface area (Å²) in [5, 5.41) is 0. The molecule has 3 aromatic rings. The second kappa shape index (κ2) is 9.51. The molecule has 5 nitrogen and oxygen atoms in total. The summed E-state index contributed by atoms with van der Waals surface area (Å²) in [6.45, 7) is 5.03. The van der Waals surface area contributed by atoms with Gasteiger partial charge in [-0.05, 0) is 65.3 Å². The molecular formula is C29H32N2O3. The molecule has 176 valence electrons. The first-order valence-electron chi connectivity index (χ1n) is 11.9. The van der Waals surface area contributed by atoms with Gasteiger partial charge >= 0.3 is 0 Å². The normalized spacial score (nSPS) is 17.6. The maximum absolute atomic E-state index is 14.0. The van der Waals surface area contributed by atoms with E-state index in [-0.39, 0.29) is 11.9 Å². The maximum Gasteiger partial charge on any atom is 0.240 e. The van der Waals surface area contributed by atoms with E-state index < -0.39 is 0 Å². The molecule has 0 saturated heterocycles. The van der Waals surface area contributed by atoms with Crippen LogP contribution in [0.5, 0.6) is 11.5 Å². The fourth-order valence-electron chi connectivity index (χ4n) is 5.28. The SMILES string of the molecule is COc1cc2c(cc1OC)CN(C(=O)C1Cc3ccccc3CN1Cc1ccccc1C)CC2. The summed E-state index contributed by atoms with van der Waals surface area (Å²) in [5.41, 5.74) is 7.51. The number of benzene rings is 3. The summed E-state index contributed by atoms with van der Waals surface area (Å²) in [5.74, 6) is 1.67. The van der Waals surface area contributed by atoms with Crippen molar-refractivity contribution < 1.29 is 14.3 Å². The molecule has 0 saturated carbocycles. The number of hydrogen-bond acceptors (Lipinski definition) is 4. The van der Waals surface area contributed by atoms with Gasteiger partial charge in [0.25, 0.3) is 0 Å². The first kappa shape index (κ1) is 22.5. The van der Waals surface area contributed by atoms with E-state index in [4.69, 9.17) is 9.47 Å². The molecule has 0 aliphatic carbocycles. The number of amides is 1. The smallest absolute Gasteiger partial charge is 0.240 e. The van der Waals surface area contributed by atoms with Crippen LogP contribution in [0.1, 0.15) is 33.4 Å². The Morgan fingerprint density at radius 3 is 2.29 bits per heavy atom. The van der Waals surface area contributed by atoms with Gasteiger partial charge in [-0.2, -0.15) is 0 Å². The minimum Gasteiger partial charge on any atom is -0.493 e. The average molecular weight is 457 g/mol. The molecule has 2 heterocycles. The highest BCUT2D eigenvalue weighted by Crippen LogP contribution is 2.34. The zero-order valence-electron chi connectivity index (χ0n) is 20.2. The number of aryl methyl sites for hydroxylation is 1. The Kier molecular flexibility index (Phi) is 6.29. The Morgan fingerprint density at radius 1 is 0.882 bits per heavy atom. The molecule has 1 amide bonds. The minimum atomic E-state index is -0.170. The highest BCUT2D eigenvalue weighted by atomic mass is 16.5. The van der Waals surface area contributed by atoms with Crippen molar-refractivity contribution in [1.82, 2.24) is 9.80 Å². The molecule has 0 aromatic heterocycles. The Hall–Kier alpha value is -3.31. The Balaban J connectivity index is 1.42. The topological polar surface area (TPSA) is 42.0 Å². The van der Waals surface area contributed by atoms with Crippen LogP contribution in [0.3, 0.4) is 0 Å². The highest BCUT2D eigenvalue weighted by molar-refractivity contribution is 5.83.